The lowest BCUT2D eigenvalue weighted by molar-refractivity contribution is 0.348. The molecule has 0 atom stereocenters. The molecule has 0 saturated carbocycles. The maximum absolute atomic E-state index is 9.83. The first-order valence-corrected chi connectivity index (χ1v) is 11.4. The second-order valence-corrected chi connectivity index (χ2v) is 8.68. The second kappa shape index (κ2) is 8.31. The third kappa shape index (κ3) is 3.68. The molecule has 34 heavy (non-hydrogen) atoms. The molecule has 0 spiro atoms. The van der Waals surface area contributed by atoms with Crippen LogP contribution in [-0.4, -0.2) is 53.5 Å². The van der Waals surface area contributed by atoms with Gasteiger partial charge in [0.2, 0.25) is 0 Å². The molecule has 2 aromatic carbocycles. The van der Waals surface area contributed by atoms with Crippen LogP contribution in [0.5, 0.6) is 5.75 Å². The number of aromatic hydroxyl groups is 1. The number of fused-ring (bicyclic) bond motifs is 1. The lowest BCUT2D eigenvalue weighted by atomic mass is 9.97. The van der Waals surface area contributed by atoms with Crippen LogP contribution < -0.4 is 0 Å². The summed E-state index contributed by atoms with van der Waals surface area (Å²) in [6, 6.07) is 11.8. The maximum Gasteiger partial charge on any atom is 0.159 e. The van der Waals surface area contributed by atoms with Crippen LogP contribution in [0, 0.1) is 0 Å². The van der Waals surface area contributed by atoms with Crippen molar-refractivity contribution in [2.75, 3.05) is 13.1 Å². The first-order valence-electron chi connectivity index (χ1n) is 11.4. The molecule has 0 unspecified atom stereocenters. The van der Waals surface area contributed by atoms with Gasteiger partial charge in [-0.1, -0.05) is 25.1 Å². The lowest BCUT2D eigenvalue weighted by Crippen LogP contribution is -2.19. The SMILES string of the molecule is CCc1cc(O)ccc1-c1ccc2c(-c3ncc(C4=CCN(Cc5cn[nH]c5)C4)[nH]3)n[nH]c2c1. The van der Waals surface area contributed by atoms with Gasteiger partial charge in [-0.15, -0.1) is 0 Å². The van der Waals surface area contributed by atoms with Crippen molar-refractivity contribution in [1.82, 2.24) is 35.3 Å². The number of aryl methyl sites for hydroxylation is 1. The summed E-state index contributed by atoms with van der Waals surface area (Å²) in [5, 5.41) is 25.5. The van der Waals surface area contributed by atoms with Gasteiger partial charge in [-0.3, -0.25) is 15.1 Å². The summed E-state index contributed by atoms with van der Waals surface area (Å²) in [4.78, 5) is 10.5. The molecular formula is C26H25N7O. The zero-order valence-corrected chi connectivity index (χ0v) is 18.8. The molecular weight excluding hydrogens is 426 g/mol. The fourth-order valence-electron chi connectivity index (χ4n) is 4.67. The van der Waals surface area contributed by atoms with E-state index in [-0.39, 0.29) is 0 Å². The average Bonchev–Trinajstić information content (AvgIpc) is 3.65. The first-order chi connectivity index (χ1) is 16.7. The van der Waals surface area contributed by atoms with Crippen LogP contribution in [0.2, 0.25) is 0 Å². The zero-order valence-electron chi connectivity index (χ0n) is 18.8. The minimum absolute atomic E-state index is 0.293. The average molecular weight is 452 g/mol. The highest BCUT2D eigenvalue weighted by molar-refractivity contribution is 5.94. The molecule has 8 nitrogen and oxygen atoms in total. The van der Waals surface area contributed by atoms with E-state index in [2.05, 4.69) is 66.5 Å². The number of hydrogen-bond donors (Lipinski definition) is 4. The van der Waals surface area contributed by atoms with E-state index >= 15 is 0 Å². The topological polar surface area (TPSA) is 110 Å². The van der Waals surface area contributed by atoms with Gasteiger partial charge in [-0.05, 0) is 52.9 Å². The van der Waals surface area contributed by atoms with Crippen molar-refractivity contribution in [1.29, 1.82) is 0 Å². The number of nitrogens with one attached hydrogen (secondary N) is 3. The van der Waals surface area contributed by atoms with Crippen molar-refractivity contribution >= 4 is 16.5 Å². The Morgan fingerprint density at radius 3 is 2.91 bits per heavy atom. The Hall–Kier alpha value is -4.17. The van der Waals surface area contributed by atoms with E-state index in [0.29, 0.717) is 5.75 Å². The number of rotatable bonds is 6. The first kappa shape index (κ1) is 20.4. The number of hydrogen-bond acceptors (Lipinski definition) is 5. The fourth-order valence-corrected chi connectivity index (χ4v) is 4.67. The van der Waals surface area contributed by atoms with Crippen molar-refractivity contribution in [2.45, 2.75) is 19.9 Å². The van der Waals surface area contributed by atoms with Crippen LogP contribution in [-0.2, 0) is 13.0 Å². The molecule has 0 fully saturated rings. The van der Waals surface area contributed by atoms with Gasteiger partial charge in [0.1, 0.15) is 11.4 Å². The Balaban J connectivity index is 1.25. The quantitative estimate of drug-likeness (QED) is 0.304. The normalized spacial score (nSPS) is 14.2. The summed E-state index contributed by atoms with van der Waals surface area (Å²) in [7, 11) is 0. The molecule has 5 aromatic rings. The molecule has 6 rings (SSSR count). The Bertz CT molecular complexity index is 1490. The van der Waals surface area contributed by atoms with E-state index in [9.17, 15) is 5.11 Å². The predicted octanol–water partition coefficient (Wildman–Crippen LogP) is 4.51. The number of phenols is 1. The maximum atomic E-state index is 9.83. The molecule has 0 radical (unpaired) electrons. The predicted molar refractivity (Wildman–Crippen MR) is 132 cm³/mol. The third-order valence-electron chi connectivity index (χ3n) is 6.44. The van der Waals surface area contributed by atoms with E-state index in [1.165, 1.54) is 11.1 Å². The summed E-state index contributed by atoms with van der Waals surface area (Å²) < 4.78 is 0. The van der Waals surface area contributed by atoms with Crippen LogP contribution in [0.4, 0.5) is 0 Å². The van der Waals surface area contributed by atoms with E-state index in [0.717, 1.165) is 70.9 Å². The summed E-state index contributed by atoms with van der Waals surface area (Å²) >= 11 is 0. The number of aromatic amines is 3. The molecule has 4 heterocycles. The molecule has 1 aliphatic heterocycles. The van der Waals surface area contributed by atoms with E-state index in [1.54, 1.807) is 6.07 Å². The summed E-state index contributed by atoms with van der Waals surface area (Å²) in [5.41, 5.74) is 8.52. The zero-order chi connectivity index (χ0) is 23.1. The molecule has 170 valence electrons. The molecule has 0 amide bonds. The van der Waals surface area contributed by atoms with Crippen LogP contribution in [0.25, 0.3) is 39.1 Å². The van der Waals surface area contributed by atoms with E-state index in [1.807, 2.05) is 30.7 Å². The van der Waals surface area contributed by atoms with Gasteiger partial charge < -0.3 is 10.1 Å². The van der Waals surface area contributed by atoms with Gasteiger partial charge in [0, 0.05) is 36.8 Å². The molecule has 4 N–H and O–H groups in total. The largest absolute Gasteiger partial charge is 0.508 e. The van der Waals surface area contributed by atoms with Crippen LogP contribution in [0.3, 0.4) is 0 Å². The van der Waals surface area contributed by atoms with Gasteiger partial charge in [0.25, 0.3) is 0 Å². The van der Waals surface area contributed by atoms with Crippen molar-refractivity contribution in [3.05, 3.63) is 77.9 Å². The van der Waals surface area contributed by atoms with Crippen molar-refractivity contribution in [3.8, 4) is 28.4 Å². The summed E-state index contributed by atoms with van der Waals surface area (Å²) in [5.74, 6) is 1.04. The minimum Gasteiger partial charge on any atom is -0.508 e. The molecule has 0 aliphatic carbocycles. The van der Waals surface area contributed by atoms with Gasteiger partial charge in [-0.2, -0.15) is 10.2 Å². The smallest absolute Gasteiger partial charge is 0.159 e. The van der Waals surface area contributed by atoms with Crippen molar-refractivity contribution in [2.24, 2.45) is 0 Å². The molecule has 0 bridgehead atoms. The Morgan fingerprint density at radius 1 is 1.12 bits per heavy atom. The number of phenolic OH excluding ortho intramolecular Hbond substituents is 1. The third-order valence-corrected chi connectivity index (χ3v) is 6.44. The summed E-state index contributed by atoms with van der Waals surface area (Å²) in [6.07, 6.45) is 8.79. The van der Waals surface area contributed by atoms with Gasteiger partial charge in [0.05, 0.1) is 23.6 Å². The Kier molecular flexibility index (Phi) is 5.00. The van der Waals surface area contributed by atoms with E-state index in [4.69, 9.17) is 0 Å². The van der Waals surface area contributed by atoms with E-state index < -0.39 is 0 Å². The second-order valence-electron chi connectivity index (χ2n) is 8.68. The van der Waals surface area contributed by atoms with Crippen LogP contribution >= 0.6 is 0 Å². The highest BCUT2D eigenvalue weighted by Crippen LogP contribution is 2.32. The number of H-pyrrole nitrogens is 3. The highest BCUT2D eigenvalue weighted by Gasteiger charge is 2.19. The van der Waals surface area contributed by atoms with Crippen LogP contribution in [0.15, 0.2) is 61.1 Å². The lowest BCUT2D eigenvalue weighted by Gasteiger charge is -2.13. The Labute approximate surface area is 196 Å². The van der Waals surface area contributed by atoms with Gasteiger partial charge in [0.15, 0.2) is 5.82 Å². The minimum atomic E-state index is 0.293. The monoisotopic (exact) mass is 451 g/mol. The number of aromatic nitrogens is 6. The number of imidazole rings is 1. The standard InChI is InChI=1S/C26H25N7O/c1-2-17-9-20(34)4-6-21(17)18-3-5-22-23(10-18)31-32-25(22)26-27-13-24(30-26)19-7-8-33(15-19)14-16-11-28-29-12-16/h3-7,9-13,34H,2,8,14-15H2,1H3,(H,27,30)(H,28,29)(H,31,32). The Morgan fingerprint density at radius 2 is 2.06 bits per heavy atom. The highest BCUT2D eigenvalue weighted by atomic mass is 16.3. The molecule has 1 aliphatic rings. The summed E-state index contributed by atoms with van der Waals surface area (Å²) in [6.45, 7) is 4.73. The van der Waals surface area contributed by atoms with Gasteiger partial charge in [-0.25, -0.2) is 4.98 Å². The number of nitrogens with zero attached hydrogens (tertiary/aromatic N) is 4. The molecule has 3 aromatic heterocycles. The van der Waals surface area contributed by atoms with Crippen molar-refractivity contribution in [3.63, 3.8) is 0 Å². The van der Waals surface area contributed by atoms with Crippen molar-refractivity contribution < 1.29 is 5.11 Å². The van der Waals surface area contributed by atoms with Crippen LogP contribution in [0.1, 0.15) is 23.7 Å². The van der Waals surface area contributed by atoms with Gasteiger partial charge >= 0.3 is 0 Å². The molecule has 0 saturated heterocycles. The number of benzene rings is 2. The molecule has 8 heteroatoms. The fraction of sp³-hybridized carbons (Fsp3) is 0.192.